The van der Waals surface area contributed by atoms with Gasteiger partial charge in [-0.1, -0.05) is 20.8 Å². The maximum atomic E-state index is 12.1. The first-order valence-electron chi connectivity index (χ1n) is 5.60. The van der Waals surface area contributed by atoms with Crippen LogP contribution in [0.15, 0.2) is 0 Å². The van der Waals surface area contributed by atoms with E-state index in [0.717, 1.165) is 12.8 Å². The van der Waals surface area contributed by atoms with E-state index in [9.17, 15) is 13.2 Å². The van der Waals surface area contributed by atoms with E-state index in [1.54, 1.807) is 0 Å². The molecule has 1 aliphatic rings. The van der Waals surface area contributed by atoms with Crippen LogP contribution in [0.1, 0.15) is 33.6 Å². The van der Waals surface area contributed by atoms with E-state index in [4.69, 9.17) is 5.11 Å². The first-order valence-corrected chi connectivity index (χ1v) is 5.60. The normalized spacial score (nSPS) is 31.7. The zero-order valence-electron chi connectivity index (χ0n) is 9.93. The molecule has 0 amide bonds. The summed E-state index contributed by atoms with van der Waals surface area (Å²) in [4.78, 5) is 0. The van der Waals surface area contributed by atoms with Gasteiger partial charge in [0, 0.05) is 12.6 Å². The smallest absolute Gasteiger partial charge is 0.382 e. The molecule has 96 valence electrons. The Hall–Kier alpha value is -0.290. The molecule has 1 rings (SSSR count). The van der Waals surface area contributed by atoms with Gasteiger partial charge in [-0.25, -0.2) is 0 Å². The van der Waals surface area contributed by atoms with Crippen molar-refractivity contribution >= 4 is 0 Å². The lowest BCUT2D eigenvalue weighted by molar-refractivity contribution is -0.202. The van der Waals surface area contributed by atoms with E-state index >= 15 is 0 Å². The highest BCUT2D eigenvalue weighted by atomic mass is 19.4. The van der Waals surface area contributed by atoms with E-state index in [1.807, 2.05) is 6.92 Å². The van der Waals surface area contributed by atoms with Crippen molar-refractivity contribution in [2.24, 2.45) is 11.3 Å². The van der Waals surface area contributed by atoms with Crippen LogP contribution in [0.5, 0.6) is 0 Å². The van der Waals surface area contributed by atoms with Gasteiger partial charge < -0.3 is 10.4 Å². The van der Waals surface area contributed by atoms with Crippen LogP contribution in [0.3, 0.4) is 0 Å². The Labute approximate surface area is 94.2 Å². The molecule has 0 aromatic rings. The molecule has 0 aliphatic heterocycles. The third kappa shape index (κ3) is 3.63. The van der Waals surface area contributed by atoms with Crippen LogP contribution >= 0.6 is 0 Å². The van der Waals surface area contributed by atoms with Crippen LogP contribution in [0.2, 0.25) is 0 Å². The van der Waals surface area contributed by atoms with Crippen molar-refractivity contribution in [1.82, 2.24) is 5.32 Å². The number of halogens is 3. The van der Waals surface area contributed by atoms with Gasteiger partial charge in [0.2, 0.25) is 0 Å². The minimum absolute atomic E-state index is 0.0759. The van der Waals surface area contributed by atoms with Gasteiger partial charge in [-0.15, -0.1) is 0 Å². The number of alkyl halides is 3. The maximum Gasteiger partial charge on any atom is 0.415 e. The molecular formula is C11H20F3NO. The fourth-order valence-corrected chi connectivity index (χ4v) is 2.55. The quantitative estimate of drug-likeness (QED) is 0.792. The zero-order valence-corrected chi connectivity index (χ0v) is 9.93. The van der Waals surface area contributed by atoms with Crippen LogP contribution in [-0.4, -0.2) is 30.0 Å². The van der Waals surface area contributed by atoms with Gasteiger partial charge in [0.1, 0.15) is 0 Å². The van der Waals surface area contributed by atoms with Gasteiger partial charge in [-0.2, -0.15) is 13.2 Å². The van der Waals surface area contributed by atoms with E-state index < -0.39 is 18.8 Å². The molecule has 0 saturated heterocycles. The summed E-state index contributed by atoms with van der Waals surface area (Å²) in [5.74, 6) is 0.357. The van der Waals surface area contributed by atoms with E-state index in [-0.39, 0.29) is 11.5 Å². The summed E-state index contributed by atoms with van der Waals surface area (Å²) >= 11 is 0. The Morgan fingerprint density at radius 2 is 1.94 bits per heavy atom. The second-order valence-corrected chi connectivity index (χ2v) is 5.62. The van der Waals surface area contributed by atoms with Crippen LogP contribution in [0.25, 0.3) is 0 Å². The highest BCUT2D eigenvalue weighted by molar-refractivity contribution is 4.91. The predicted molar refractivity (Wildman–Crippen MR) is 56.0 cm³/mol. The van der Waals surface area contributed by atoms with Crippen molar-refractivity contribution in [2.45, 2.75) is 51.9 Å². The summed E-state index contributed by atoms with van der Waals surface area (Å²) in [6.45, 7) is 5.86. The van der Waals surface area contributed by atoms with Gasteiger partial charge in [0.15, 0.2) is 6.10 Å². The summed E-state index contributed by atoms with van der Waals surface area (Å²) in [5, 5.41) is 11.7. The van der Waals surface area contributed by atoms with Crippen LogP contribution in [0.4, 0.5) is 13.2 Å². The van der Waals surface area contributed by atoms with Gasteiger partial charge >= 0.3 is 6.18 Å². The van der Waals surface area contributed by atoms with Gasteiger partial charge in [0.05, 0.1) is 0 Å². The van der Waals surface area contributed by atoms with Gasteiger partial charge in [-0.05, 0) is 24.2 Å². The van der Waals surface area contributed by atoms with Crippen LogP contribution in [0, 0.1) is 11.3 Å². The molecule has 16 heavy (non-hydrogen) atoms. The molecule has 0 aromatic carbocycles. The van der Waals surface area contributed by atoms with Crippen molar-refractivity contribution in [1.29, 1.82) is 0 Å². The monoisotopic (exact) mass is 239 g/mol. The third-order valence-electron chi connectivity index (χ3n) is 3.29. The Morgan fingerprint density at radius 3 is 2.31 bits per heavy atom. The van der Waals surface area contributed by atoms with E-state index in [2.05, 4.69) is 19.2 Å². The number of rotatable bonds is 3. The number of hydrogen-bond donors (Lipinski definition) is 2. The van der Waals surface area contributed by atoms with Crippen molar-refractivity contribution in [3.8, 4) is 0 Å². The molecule has 1 saturated carbocycles. The molecule has 0 radical (unpaired) electrons. The number of aliphatic hydroxyl groups is 1. The van der Waals surface area contributed by atoms with Crippen molar-refractivity contribution < 1.29 is 18.3 Å². The molecule has 3 unspecified atom stereocenters. The highest BCUT2D eigenvalue weighted by Gasteiger charge is 2.40. The molecule has 0 spiro atoms. The molecule has 3 atom stereocenters. The molecule has 0 bridgehead atoms. The largest absolute Gasteiger partial charge is 0.415 e. The second kappa shape index (κ2) is 4.53. The van der Waals surface area contributed by atoms with Crippen molar-refractivity contribution in [2.75, 3.05) is 6.54 Å². The molecule has 0 aromatic heterocycles. The number of hydrogen-bond acceptors (Lipinski definition) is 2. The fourth-order valence-electron chi connectivity index (χ4n) is 2.55. The average Bonchev–Trinajstić information content (AvgIpc) is 2.33. The molecule has 1 fully saturated rings. The summed E-state index contributed by atoms with van der Waals surface area (Å²) in [6, 6.07) is 0.0759. The third-order valence-corrected chi connectivity index (χ3v) is 3.29. The number of aliphatic hydroxyl groups excluding tert-OH is 1. The highest BCUT2D eigenvalue weighted by Crippen LogP contribution is 2.40. The minimum atomic E-state index is -4.52. The maximum absolute atomic E-state index is 12.1. The lowest BCUT2D eigenvalue weighted by Gasteiger charge is -2.21. The Balaban J connectivity index is 2.40. The SMILES string of the molecule is CC1CC(C)(C)CC1NCC(O)C(F)(F)F. The molecule has 0 heterocycles. The molecule has 2 N–H and O–H groups in total. The Morgan fingerprint density at radius 1 is 1.38 bits per heavy atom. The summed E-state index contributed by atoms with van der Waals surface area (Å²) in [7, 11) is 0. The van der Waals surface area contributed by atoms with Gasteiger partial charge in [-0.3, -0.25) is 0 Å². The Kier molecular flexibility index (Phi) is 3.90. The van der Waals surface area contributed by atoms with Crippen molar-refractivity contribution in [3.05, 3.63) is 0 Å². The van der Waals surface area contributed by atoms with Crippen LogP contribution < -0.4 is 5.32 Å². The fraction of sp³-hybridized carbons (Fsp3) is 1.00. The lowest BCUT2D eigenvalue weighted by atomic mass is 9.91. The second-order valence-electron chi connectivity index (χ2n) is 5.62. The van der Waals surface area contributed by atoms with E-state index in [1.165, 1.54) is 0 Å². The van der Waals surface area contributed by atoms with Crippen LogP contribution in [-0.2, 0) is 0 Å². The van der Waals surface area contributed by atoms with Gasteiger partial charge in [0.25, 0.3) is 0 Å². The lowest BCUT2D eigenvalue weighted by Crippen LogP contribution is -2.43. The molecule has 1 aliphatic carbocycles. The topological polar surface area (TPSA) is 32.3 Å². The predicted octanol–water partition coefficient (Wildman–Crippen LogP) is 2.32. The zero-order chi connectivity index (χ0) is 12.6. The molecule has 2 nitrogen and oxygen atoms in total. The first-order chi connectivity index (χ1) is 7.12. The van der Waals surface area contributed by atoms with Crippen molar-refractivity contribution in [3.63, 3.8) is 0 Å². The average molecular weight is 239 g/mol. The molecule has 5 heteroatoms. The Bertz CT molecular complexity index is 240. The van der Waals surface area contributed by atoms with E-state index in [0.29, 0.717) is 5.92 Å². The number of nitrogens with one attached hydrogen (secondary N) is 1. The summed E-state index contributed by atoms with van der Waals surface area (Å²) in [6.07, 6.45) is -4.92. The summed E-state index contributed by atoms with van der Waals surface area (Å²) in [5.41, 5.74) is 0.181. The first kappa shape index (κ1) is 13.8. The minimum Gasteiger partial charge on any atom is -0.382 e. The standard InChI is InChI=1S/C11H20F3NO/c1-7-4-10(2,3)5-8(7)15-6-9(16)11(12,13)14/h7-9,15-16H,4-6H2,1-3H3. The molecular weight excluding hydrogens is 219 g/mol. The summed E-state index contributed by atoms with van der Waals surface area (Å²) < 4.78 is 36.2.